The molecule has 0 aliphatic heterocycles. The summed E-state index contributed by atoms with van der Waals surface area (Å²) >= 11 is 0. The van der Waals surface area contributed by atoms with Crippen LogP contribution in [-0.2, 0) is 16.2 Å². The summed E-state index contributed by atoms with van der Waals surface area (Å²) in [6.45, 7) is 0. The first-order chi connectivity index (χ1) is 13.7. The van der Waals surface area contributed by atoms with E-state index in [2.05, 4.69) is 20.0 Å². The number of fused-ring (bicyclic) bond motifs is 1. The normalized spacial score (nSPS) is 12.2. The van der Waals surface area contributed by atoms with Gasteiger partial charge in [0.05, 0.1) is 16.2 Å². The average molecular weight is 419 g/mol. The number of hydrogen-bond donors (Lipinski definition) is 1. The van der Waals surface area contributed by atoms with Crippen LogP contribution < -0.4 is 4.72 Å². The minimum Gasteiger partial charge on any atom is -0.280 e. The third-order valence-electron chi connectivity index (χ3n) is 4.09. The van der Waals surface area contributed by atoms with Crippen LogP contribution in [0.15, 0.2) is 71.9 Å². The Morgan fingerprint density at radius 2 is 1.59 bits per heavy atom. The Balaban J connectivity index is 1.54. The first-order valence-electron chi connectivity index (χ1n) is 8.20. The Bertz CT molecular complexity index is 1270. The number of rotatable bonds is 4. The van der Waals surface area contributed by atoms with Gasteiger partial charge in [-0.25, -0.2) is 8.42 Å². The summed E-state index contributed by atoms with van der Waals surface area (Å²) in [5, 5.41) is 12.0. The highest BCUT2D eigenvalue weighted by Crippen LogP contribution is 2.30. The molecule has 11 heteroatoms. The molecule has 7 nitrogen and oxygen atoms in total. The van der Waals surface area contributed by atoms with Crippen LogP contribution in [0.25, 0.3) is 16.9 Å². The first-order valence-corrected chi connectivity index (χ1v) is 9.68. The Kier molecular flexibility index (Phi) is 4.46. The highest BCUT2D eigenvalue weighted by molar-refractivity contribution is 7.92. The van der Waals surface area contributed by atoms with Gasteiger partial charge in [0.25, 0.3) is 10.0 Å². The lowest BCUT2D eigenvalue weighted by Gasteiger charge is -2.10. The lowest BCUT2D eigenvalue weighted by atomic mass is 10.1. The molecule has 29 heavy (non-hydrogen) atoms. The fourth-order valence-corrected chi connectivity index (χ4v) is 3.69. The van der Waals surface area contributed by atoms with Gasteiger partial charge < -0.3 is 0 Å². The molecule has 0 saturated heterocycles. The van der Waals surface area contributed by atoms with Crippen LogP contribution >= 0.6 is 0 Å². The van der Waals surface area contributed by atoms with Crippen molar-refractivity contribution in [1.82, 2.24) is 19.8 Å². The zero-order valence-electron chi connectivity index (χ0n) is 14.5. The van der Waals surface area contributed by atoms with Gasteiger partial charge in [0.15, 0.2) is 5.65 Å². The van der Waals surface area contributed by atoms with Crippen molar-refractivity contribution in [2.75, 3.05) is 4.72 Å². The molecule has 2 aromatic carbocycles. The topological polar surface area (TPSA) is 89.2 Å². The zero-order chi connectivity index (χ0) is 20.6. The van der Waals surface area contributed by atoms with E-state index in [1.807, 2.05) is 0 Å². The van der Waals surface area contributed by atoms with Gasteiger partial charge in [-0.2, -0.15) is 22.8 Å². The highest BCUT2D eigenvalue weighted by Gasteiger charge is 2.30. The van der Waals surface area contributed by atoms with E-state index in [4.69, 9.17) is 0 Å². The molecule has 2 heterocycles. The maximum absolute atomic E-state index is 12.6. The Hall–Kier alpha value is -3.47. The molecular weight excluding hydrogens is 407 g/mol. The lowest BCUT2D eigenvalue weighted by molar-refractivity contribution is -0.137. The van der Waals surface area contributed by atoms with E-state index in [9.17, 15) is 21.6 Å². The van der Waals surface area contributed by atoms with E-state index in [-0.39, 0.29) is 10.6 Å². The zero-order valence-corrected chi connectivity index (χ0v) is 15.3. The maximum Gasteiger partial charge on any atom is 0.416 e. The molecule has 4 rings (SSSR count). The first kappa shape index (κ1) is 18.9. The third kappa shape index (κ3) is 3.90. The van der Waals surface area contributed by atoms with Gasteiger partial charge in [-0.3, -0.25) is 4.72 Å². The van der Waals surface area contributed by atoms with Crippen LogP contribution in [0.3, 0.4) is 0 Å². The number of hydrogen-bond acceptors (Lipinski definition) is 5. The van der Waals surface area contributed by atoms with Crippen molar-refractivity contribution in [2.45, 2.75) is 11.1 Å². The van der Waals surface area contributed by atoms with Gasteiger partial charge in [-0.05, 0) is 48.5 Å². The number of alkyl halides is 3. The molecular formula is C18H12F3N5O2S. The summed E-state index contributed by atoms with van der Waals surface area (Å²) in [5.74, 6) is 0. The summed E-state index contributed by atoms with van der Waals surface area (Å²) in [7, 11) is -4.03. The minimum absolute atomic E-state index is 0.263. The Morgan fingerprint density at radius 1 is 0.897 bits per heavy atom. The predicted octanol–water partition coefficient (Wildman–Crippen LogP) is 3.61. The molecule has 0 fully saturated rings. The van der Waals surface area contributed by atoms with Crippen molar-refractivity contribution in [3.8, 4) is 11.3 Å². The maximum atomic E-state index is 12.6. The number of nitrogens with zero attached hydrogens (tertiary/aromatic N) is 4. The molecule has 0 spiro atoms. The van der Waals surface area contributed by atoms with Gasteiger partial charge in [0.1, 0.15) is 6.33 Å². The van der Waals surface area contributed by atoms with Crippen molar-refractivity contribution in [3.63, 3.8) is 0 Å². The van der Waals surface area contributed by atoms with Crippen LogP contribution in [0.2, 0.25) is 0 Å². The Morgan fingerprint density at radius 3 is 2.24 bits per heavy atom. The molecule has 1 N–H and O–H groups in total. The molecule has 0 aliphatic rings. The van der Waals surface area contributed by atoms with Gasteiger partial charge >= 0.3 is 6.18 Å². The van der Waals surface area contributed by atoms with E-state index in [0.29, 0.717) is 11.3 Å². The largest absolute Gasteiger partial charge is 0.416 e. The molecule has 0 atom stereocenters. The fourth-order valence-electron chi connectivity index (χ4n) is 2.63. The number of halogens is 3. The van der Waals surface area contributed by atoms with E-state index in [0.717, 1.165) is 29.8 Å². The summed E-state index contributed by atoms with van der Waals surface area (Å²) in [6, 6.07) is 13.2. The van der Waals surface area contributed by atoms with Crippen LogP contribution in [0.4, 0.5) is 18.9 Å². The monoisotopic (exact) mass is 419 g/mol. The number of nitrogens with one attached hydrogen (secondary N) is 1. The third-order valence-corrected chi connectivity index (χ3v) is 5.48. The highest BCUT2D eigenvalue weighted by atomic mass is 32.2. The van der Waals surface area contributed by atoms with Crippen LogP contribution in [0, 0.1) is 0 Å². The van der Waals surface area contributed by atoms with Gasteiger partial charge in [-0.15, -0.1) is 10.2 Å². The van der Waals surface area contributed by atoms with Crippen LogP contribution in [-0.4, -0.2) is 28.2 Å². The molecule has 0 unspecified atom stereocenters. The number of anilines is 1. The lowest BCUT2D eigenvalue weighted by Crippen LogP contribution is -2.13. The standard InChI is InChI=1S/C18H12F3N5O2S/c19-18(20,21)13-3-7-15(8-4-13)29(27,28)25-14-5-1-12(2-6-14)16-9-10-17-23-22-11-26(17)24-16/h1-11,25H. The molecule has 0 amide bonds. The summed E-state index contributed by atoms with van der Waals surface area (Å²) in [5.41, 5.74) is 1.31. The van der Waals surface area contributed by atoms with Crippen molar-refractivity contribution in [3.05, 3.63) is 72.6 Å². The molecule has 0 bridgehead atoms. The molecule has 148 valence electrons. The molecule has 0 saturated carbocycles. The fraction of sp³-hybridized carbons (Fsp3) is 0.0556. The van der Waals surface area contributed by atoms with Gasteiger partial charge in [0.2, 0.25) is 0 Å². The van der Waals surface area contributed by atoms with E-state index < -0.39 is 21.8 Å². The molecule has 2 aromatic heterocycles. The van der Waals surface area contributed by atoms with Gasteiger partial charge in [-0.1, -0.05) is 12.1 Å². The van der Waals surface area contributed by atoms with Gasteiger partial charge in [0, 0.05) is 11.3 Å². The average Bonchev–Trinajstić information content (AvgIpc) is 3.15. The van der Waals surface area contributed by atoms with E-state index >= 15 is 0 Å². The number of aromatic nitrogens is 4. The van der Waals surface area contributed by atoms with E-state index in [1.165, 1.54) is 23.0 Å². The minimum atomic E-state index is -4.53. The number of benzene rings is 2. The summed E-state index contributed by atoms with van der Waals surface area (Å²) < 4.78 is 66.6. The molecule has 0 aliphatic carbocycles. The molecule has 4 aromatic rings. The van der Waals surface area contributed by atoms with Crippen molar-refractivity contribution >= 4 is 21.4 Å². The summed E-state index contributed by atoms with van der Waals surface area (Å²) in [4.78, 5) is -0.269. The van der Waals surface area contributed by atoms with Crippen LogP contribution in [0.1, 0.15) is 5.56 Å². The van der Waals surface area contributed by atoms with Crippen LogP contribution in [0.5, 0.6) is 0 Å². The SMILES string of the molecule is O=S(=O)(Nc1ccc(-c2ccc3nncn3n2)cc1)c1ccc(C(F)(F)F)cc1. The second-order valence-electron chi connectivity index (χ2n) is 6.06. The molecule has 0 radical (unpaired) electrons. The number of sulfonamides is 1. The Labute approximate surface area is 162 Å². The summed E-state index contributed by atoms with van der Waals surface area (Å²) in [6.07, 6.45) is -3.07. The smallest absolute Gasteiger partial charge is 0.280 e. The van der Waals surface area contributed by atoms with Crippen molar-refractivity contribution in [2.24, 2.45) is 0 Å². The second-order valence-corrected chi connectivity index (χ2v) is 7.74. The van der Waals surface area contributed by atoms with Crippen molar-refractivity contribution < 1.29 is 21.6 Å². The second kappa shape index (κ2) is 6.85. The predicted molar refractivity (Wildman–Crippen MR) is 98.5 cm³/mol. The van der Waals surface area contributed by atoms with E-state index in [1.54, 1.807) is 24.3 Å². The quantitative estimate of drug-likeness (QED) is 0.546. The van der Waals surface area contributed by atoms with Crippen molar-refractivity contribution in [1.29, 1.82) is 0 Å².